The number of ether oxygens (including phenoxy) is 2. The molecule has 0 bridgehead atoms. The molecule has 2 heterocycles. The van der Waals surface area contributed by atoms with Gasteiger partial charge in [-0.1, -0.05) is 0 Å². The molecule has 0 amide bonds. The normalized spacial score (nSPS) is 22.6. The number of hydrogen-bond acceptors (Lipinski definition) is 30. The van der Waals surface area contributed by atoms with Gasteiger partial charge in [-0.3, -0.25) is 26.9 Å². The molecule has 0 aliphatic carbocycles. The predicted octanol–water partition coefficient (Wildman–Crippen LogP) is -12.6. The van der Waals surface area contributed by atoms with Crippen molar-refractivity contribution >= 4 is 174 Å². The van der Waals surface area contributed by atoms with E-state index in [1.54, 1.807) is 0 Å². The number of aliphatic hydroxyl groups excluding tert-OH is 4. The predicted molar refractivity (Wildman–Crippen MR) is 141 cm³/mol. The minimum absolute atomic E-state index is 0. The van der Waals surface area contributed by atoms with Crippen molar-refractivity contribution in [2.45, 2.75) is 24.4 Å². The van der Waals surface area contributed by atoms with Gasteiger partial charge in [0.05, 0.1) is 28.9 Å². The maximum absolute atomic E-state index is 11.6. The number of rotatable bonds is 16. The molecule has 0 aromatic heterocycles. The van der Waals surface area contributed by atoms with E-state index in [1.807, 2.05) is 0 Å². The van der Waals surface area contributed by atoms with Crippen LogP contribution in [0.5, 0.6) is 0 Å². The summed E-state index contributed by atoms with van der Waals surface area (Å²) in [5.41, 5.74) is 0. The van der Waals surface area contributed by atoms with E-state index in [2.05, 4.69) is 35.8 Å². The molecule has 0 spiro atoms. The summed E-state index contributed by atoms with van der Waals surface area (Å²) in [6.45, 7) is -2.12. The van der Waals surface area contributed by atoms with Crippen molar-refractivity contribution in [2.75, 3.05) is 13.2 Å². The minimum Gasteiger partial charge on any atom is -0.870 e. The van der Waals surface area contributed by atoms with Crippen LogP contribution >= 0.6 is 46.9 Å². The van der Waals surface area contributed by atoms with E-state index < -0.39 is 120 Å². The molecule has 2 aliphatic heterocycles. The molecule has 4 N–H and O–H groups in total. The topological polar surface area (TPSA) is 522 Å². The minimum atomic E-state index is -6.28. The second-order valence-electron chi connectivity index (χ2n) is 7.73. The van der Waals surface area contributed by atoms with Crippen LogP contribution < -0.4 is 49.4 Å². The number of cyclic esters (lactones) is 2. The van der Waals surface area contributed by atoms with Gasteiger partial charge >= 0.3 is 143 Å². The largest absolute Gasteiger partial charge is 2.00 e. The van der Waals surface area contributed by atoms with Gasteiger partial charge in [0.15, 0.2) is 0 Å². The van der Waals surface area contributed by atoms with Crippen LogP contribution in [0.25, 0.3) is 0 Å². The quantitative estimate of drug-likeness (QED) is 0.0634. The molecule has 53 heavy (non-hydrogen) atoms. The van der Waals surface area contributed by atoms with Crippen LogP contribution in [-0.4, -0.2) is 185 Å². The van der Waals surface area contributed by atoms with Crippen molar-refractivity contribution in [2.24, 2.45) is 0 Å². The number of carbonyl (C=O) groups excluding carboxylic acids is 2. The van der Waals surface area contributed by atoms with E-state index in [9.17, 15) is 86.3 Å². The molecule has 2 rings (SSSR count). The van der Waals surface area contributed by atoms with E-state index in [4.69, 9.17) is 20.4 Å². The Kier molecular flexibility index (Phi) is 30.4. The fourth-order valence-electron chi connectivity index (χ4n) is 2.54. The Balaban J connectivity index is -0.000000265. The Morgan fingerprint density at radius 3 is 0.981 bits per heavy atom. The van der Waals surface area contributed by atoms with E-state index in [0.717, 1.165) is 0 Å². The van der Waals surface area contributed by atoms with Crippen molar-refractivity contribution in [3.63, 3.8) is 0 Å². The summed E-state index contributed by atoms with van der Waals surface area (Å²) >= 11 is 0. The summed E-state index contributed by atoms with van der Waals surface area (Å²) in [6.07, 6.45) is -7.93. The number of phosphoric acid groups is 6. The summed E-state index contributed by atoms with van der Waals surface area (Å²) in [4.78, 5) is 107. The Labute approximate surface area is 373 Å². The average molecular weight is 944 g/mol. The van der Waals surface area contributed by atoms with Crippen LogP contribution in [0.3, 0.4) is 0 Å². The van der Waals surface area contributed by atoms with E-state index >= 15 is 0 Å². The average Bonchev–Trinajstić information content (AvgIpc) is 3.28. The van der Waals surface area contributed by atoms with Gasteiger partial charge in [0, 0.05) is 0 Å². The molecule has 0 aromatic carbocycles. The molecule has 2 aliphatic rings. The zero-order valence-corrected chi connectivity index (χ0v) is 37.8. The molecule has 0 saturated carbocycles. The molecular formula is C12H12Mg5O30P6. The SMILES string of the molecule is O=C1O[C@H]([C@@H](O)CO)C([O-])=C1OP(=O)([O-])OP(=O)([O-])OP(=O)([O-])[O-].O=C1O[C@H]([C@@H](O)CO)C([O-])=C1OP(=O)([O-])OP(=O)([O-])OP(=O)([O-])[O-].[Mg+2].[Mg+2].[Mg+2].[Mg+2].[Mg+2]. The Morgan fingerprint density at radius 1 is 0.528 bits per heavy atom. The third-order valence-electron chi connectivity index (χ3n) is 4.08. The third kappa shape index (κ3) is 23.0. The second-order valence-corrected chi connectivity index (χ2v) is 16.1. The molecule has 0 aromatic rings. The first-order valence-electron chi connectivity index (χ1n) is 10.7. The first-order chi connectivity index (χ1) is 21.3. The summed E-state index contributed by atoms with van der Waals surface area (Å²) in [7, 11) is -37.2. The van der Waals surface area contributed by atoms with Gasteiger partial charge in [0.25, 0.3) is 15.6 Å². The Hall–Kier alpha value is 2.19. The van der Waals surface area contributed by atoms with Crippen molar-refractivity contribution in [1.82, 2.24) is 0 Å². The summed E-state index contributed by atoms with van der Waals surface area (Å²) in [6, 6.07) is 0. The van der Waals surface area contributed by atoms with Gasteiger partial charge in [-0.2, -0.15) is 0 Å². The van der Waals surface area contributed by atoms with Crippen LogP contribution in [0.2, 0.25) is 0 Å². The van der Waals surface area contributed by atoms with Crippen molar-refractivity contribution < 1.29 is 143 Å². The number of aliphatic hydroxyl groups is 4. The first kappa shape index (κ1) is 64.3. The summed E-state index contributed by atoms with van der Waals surface area (Å²) in [5, 5.41) is 58.7. The zero-order chi connectivity index (χ0) is 37.8. The molecule has 0 fully saturated rings. The standard InChI is InChI=1S/2C6H11O15P3.5Mg/c2*7-1-2(8)4-3(9)5(6(10)18-4)19-23(14,15)21-24(16,17)20-22(11,12)13;;;;;/h2*2,4,7-9H,1H2,(H,14,15)(H,16,17)(H2,11,12,13);;;;;/q;;5*+2/p-10/t2*2-,4+;;;;;/m00...../s1. The van der Waals surface area contributed by atoms with Crippen LogP contribution in [0.15, 0.2) is 23.0 Å². The van der Waals surface area contributed by atoms with Crippen LogP contribution in [0.4, 0.5) is 0 Å². The smallest absolute Gasteiger partial charge is 0.870 e. The number of carbonyl (C=O) groups is 2. The maximum atomic E-state index is 11.6. The summed E-state index contributed by atoms with van der Waals surface area (Å²) in [5.74, 6) is -9.95. The van der Waals surface area contributed by atoms with Gasteiger partial charge in [-0.05, 0) is 11.5 Å². The van der Waals surface area contributed by atoms with Crippen LogP contribution in [0.1, 0.15) is 0 Å². The number of hydrogen-bond donors (Lipinski definition) is 4. The van der Waals surface area contributed by atoms with E-state index in [-0.39, 0.29) is 115 Å². The van der Waals surface area contributed by atoms with Crippen LogP contribution in [-0.2, 0) is 72.7 Å². The van der Waals surface area contributed by atoms with Gasteiger partial charge in [-0.25, -0.2) is 18.2 Å². The first-order valence-corrected chi connectivity index (χ1v) is 19.5. The van der Waals surface area contributed by atoms with Crippen LogP contribution in [0, 0.1) is 0 Å². The van der Waals surface area contributed by atoms with Gasteiger partial charge in [0.1, 0.15) is 24.4 Å². The zero-order valence-electron chi connectivity index (χ0n) is 25.3. The molecule has 4 unspecified atom stereocenters. The Bertz CT molecular complexity index is 1490. The van der Waals surface area contributed by atoms with E-state index in [1.165, 1.54) is 0 Å². The van der Waals surface area contributed by atoms with E-state index in [0.29, 0.717) is 0 Å². The molecule has 0 saturated heterocycles. The number of esters is 2. The maximum Gasteiger partial charge on any atom is 2.00 e. The molecule has 41 heteroatoms. The monoisotopic (exact) mass is 942 g/mol. The second kappa shape index (κ2) is 25.1. The fourth-order valence-corrected chi connectivity index (χ4v) is 8.28. The fraction of sp³-hybridized carbons (Fsp3) is 0.500. The molecule has 8 atom stereocenters. The molecule has 30 nitrogen and oxygen atoms in total. The molecular weight excluding hydrogens is 931 g/mol. The van der Waals surface area contributed by atoms with Crippen molar-refractivity contribution in [3.05, 3.63) is 23.0 Å². The van der Waals surface area contributed by atoms with Crippen molar-refractivity contribution in [1.29, 1.82) is 0 Å². The van der Waals surface area contributed by atoms with Crippen molar-refractivity contribution in [3.8, 4) is 0 Å². The van der Waals surface area contributed by atoms with Gasteiger partial charge < -0.3 is 97.4 Å². The molecule has 0 radical (unpaired) electrons. The Morgan fingerprint density at radius 2 is 0.774 bits per heavy atom. The number of phosphoric ester groups is 2. The third-order valence-corrected chi connectivity index (χ3v) is 11.3. The van der Waals surface area contributed by atoms with Gasteiger partial charge in [0.2, 0.25) is 11.5 Å². The summed E-state index contributed by atoms with van der Waals surface area (Å²) < 4.78 is 92.4. The van der Waals surface area contributed by atoms with Gasteiger partial charge in [-0.15, -0.1) is 0 Å². The molecule has 280 valence electrons.